The van der Waals surface area contributed by atoms with Crippen LogP contribution in [0.5, 0.6) is 0 Å². The Bertz CT molecular complexity index is 383. The number of hydrogen-bond acceptors (Lipinski definition) is 9. The molecule has 0 fully saturated rings. The van der Waals surface area contributed by atoms with Gasteiger partial charge in [-0.2, -0.15) is 0 Å². The second kappa shape index (κ2) is 9.63. The molecule has 0 atom stereocenters. The van der Waals surface area contributed by atoms with Crippen molar-refractivity contribution in [3.63, 3.8) is 0 Å². The zero-order valence-corrected chi connectivity index (χ0v) is 11.1. The summed E-state index contributed by atoms with van der Waals surface area (Å²) in [5, 5.41) is 17.1. The van der Waals surface area contributed by atoms with Crippen LogP contribution >= 0.6 is 0 Å². The number of hydrazine groups is 2. The number of aromatic nitrogens is 4. The normalized spacial score (nSPS) is 9.90. The van der Waals surface area contributed by atoms with Gasteiger partial charge < -0.3 is 11.1 Å². The van der Waals surface area contributed by atoms with Crippen LogP contribution in [0.4, 0.5) is 16.7 Å². The second-order valence-electron chi connectivity index (χ2n) is 3.90. The molecule has 0 aliphatic heterocycles. The van der Waals surface area contributed by atoms with Crippen molar-refractivity contribution < 1.29 is 4.79 Å². The van der Waals surface area contributed by atoms with E-state index in [1.165, 1.54) is 0 Å². The Morgan fingerprint density at radius 2 is 1.65 bits per heavy atom. The number of nitrogens with two attached hydrogens (primary N) is 2. The molecule has 1 aromatic heterocycles. The van der Waals surface area contributed by atoms with E-state index in [-0.39, 0.29) is 17.9 Å². The molecule has 0 saturated carbocycles. The largest absolute Gasteiger partial charge is 0.337 e. The molecule has 0 bridgehead atoms. The first-order chi connectivity index (χ1) is 9.76. The molecule has 112 valence electrons. The van der Waals surface area contributed by atoms with Gasteiger partial charge in [-0.25, -0.2) is 16.1 Å². The summed E-state index contributed by atoms with van der Waals surface area (Å²) >= 11 is 0. The lowest BCUT2D eigenvalue weighted by atomic mass is 10.2. The van der Waals surface area contributed by atoms with Crippen molar-refractivity contribution in [3.05, 3.63) is 0 Å². The van der Waals surface area contributed by atoms with E-state index in [1.807, 2.05) is 0 Å². The number of hydrogen-bond donors (Lipinski definition) is 6. The van der Waals surface area contributed by atoms with Crippen LogP contribution in [-0.2, 0) is 0 Å². The highest BCUT2D eigenvalue weighted by Gasteiger charge is 2.02. The fourth-order valence-electron chi connectivity index (χ4n) is 1.32. The number of urea groups is 1. The second-order valence-corrected chi connectivity index (χ2v) is 3.90. The molecule has 0 unspecified atom stereocenters. The van der Waals surface area contributed by atoms with Crippen molar-refractivity contribution in [1.82, 2.24) is 31.1 Å². The summed E-state index contributed by atoms with van der Waals surface area (Å²) in [6.07, 6.45) is 4.03. The van der Waals surface area contributed by atoms with Gasteiger partial charge in [0.05, 0.1) is 0 Å². The molecule has 2 amide bonds. The quantitative estimate of drug-likeness (QED) is 0.183. The summed E-state index contributed by atoms with van der Waals surface area (Å²) in [7, 11) is 0. The van der Waals surface area contributed by atoms with Crippen LogP contribution in [0.2, 0.25) is 0 Å². The molecule has 0 aliphatic rings. The molecule has 11 heteroatoms. The summed E-state index contributed by atoms with van der Waals surface area (Å²) in [6.45, 7) is 1.30. The molecule has 20 heavy (non-hydrogen) atoms. The molecular formula is C9H20N10O. The summed E-state index contributed by atoms with van der Waals surface area (Å²) in [5.41, 5.74) is 12.4. The van der Waals surface area contributed by atoms with Gasteiger partial charge in [-0.05, 0) is 19.4 Å². The maximum atomic E-state index is 11.4. The number of nitrogen functional groups attached to an aromatic ring is 1. The number of anilines is 2. The Labute approximate surface area is 116 Å². The highest BCUT2D eigenvalue weighted by atomic mass is 16.2. The number of unbranched alkanes of at least 4 members (excludes halogenated alkanes) is 3. The van der Waals surface area contributed by atoms with Crippen LogP contribution in [0.25, 0.3) is 0 Å². The van der Waals surface area contributed by atoms with Crippen LogP contribution in [-0.4, -0.2) is 39.5 Å². The highest BCUT2D eigenvalue weighted by Crippen LogP contribution is 1.97. The Morgan fingerprint density at radius 1 is 1.00 bits per heavy atom. The number of nitrogens with one attached hydrogen (secondary N) is 4. The fourth-order valence-corrected chi connectivity index (χ4v) is 1.32. The number of nitrogens with zero attached hydrogens (tertiary/aromatic N) is 4. The maximum absolute atomic E-state index is 11.4. The SMILES string of the molecule is NCCCCCCNC(=O)NNc1nnc(NN)nn1. The highest BCUT2D eigenvalue weighted by molar-refractivity contribution is 5.74. The summed E-state index contributed by atoms with van der Waals surface area (Å²) in [6, 6.07) is -0.381. The third kappa shape index (κ3) is 6.61. The van der Waals surface area contributed by atoms with E-state index < -0.39 is 0 Å². The minimum Gasteiger partial charge on any atom is -0.337 e. The smallest absolute Gasteiger partial charge is 0.333 e. The third-order valence-corrected chi connectivity index (χ3v) is 2.31. The predicted molar refractivity (Wildman–Crippen MR) is 73.1 cm³/mol. The Hall–Kier alpha value is -2.27. The van der Waals surface area contributed by atoms with Gasteiger partial charge in [0, 0.05) is 6.54 Å². The van der Waals surface area contributed by atoms with Crippen LogP contribution in [0.3, 0.4) is 0 Å². The summed E-state index contributed by atoms with van der Waals surface area (Å²) in [4.78, 5) is 11.4. The number of carbonyl (C=O) groups is 1. The van der Waals surface area contributed by atoms with Crippen molar-refractivity contribution in [2.24, 2.45) is 11.6 Å². The van der Waals surface area contributed by atoms with Crippen LogP contribution in [0.15, 0.2) is 0 Å². The molecule has 0 radical (unpaired) electrons. The maximum Gasteiger partial charge on any atom is 0.333 e. The van der Waals surface area contributed by atoms with Crippen LogP contribution in [0, 0.1) is 0 Å². The molecule has 0 spiro atoms. The predicted octanol–water partition coefficient (Wildman–Crippen LogP) is -1.30. The minimum absolute atomic E-state index is 0.0575. The molecule has 11 nitrogen and oxygen atoms in total. The van der Waals surface area contributed by atoms with E-state index >= 15 is 0 Å². The van der Waals surface area contributed by atoms with Gasteiger partial charge in [0.1, 0.15) is 0 Å². The monoisotopic (exact) mass is 284 g/mol. The lowest BCUT2D eigenvalue weighted by molar-refractivity contribution is 0.242. The number of carbonyl (C=O) groups excluding carboxylic acids is 1. The fraction of sp³-hybridized carbons (Fsp3) is 0.667. The van der Waals surface area contributed by atoms with Crippen molar-refractivity contribution in [2.75, 3.05) is 23.9 Å². The standard InChI is InChI=1S/C9H20N10O/c10-5-3-1-2-4-6-12-9(20)19-18-8-16-14-7(13-11)15-17-8/h1-6,10-11H2,(H2,12,19,20)(H,13,14,15)(H,16,17,18). The van der Waals surface area contributed by atoms with Crippen molar-refractivity contribution >= 4 is 17.9 Å². The average Bonchev–Trinajstić information content (AvgIpc) is 2.49. The van der Waals surface area contributed by atoms with Gasteiger partial charge in [-0.1, -0.05) is 12.8 Å². The molecule has 1 aromatic rings. The van der Waals surface area contributed by atoms with E-state index in [2.05, 4.69) is 42.0 Å². The van der Waals surface area contributed by atoms with E-state index in [0.29, 0.717) is 13.1 Å². The Kier molecular flexibility index (Phi) is 7.60. The first-order valence-corrected chi connectivity index (χ1v) is 6.30. The van der Waals surface area contributed by atoms with Crippen LogP contribution < -0.4 is 33.2 Å². The van der Waals surface area contributed by atoms with E-state index in [1.54, 1.807) is 0 Å². The number of amides is 2. The molecule has 1 heterocycles. The van der Waals surface area contributed by atoms with Gasteiger partial charge in [0.2, 0.25) is 0 Å². The van der Waals surface area contributed by atoms with Crippen LogP contribution in [0.1, 0.15) is 25.7 Å². The first-order valence-electron chi connectivity index (χ1n) is 6.30. The zero-order valence-electron chi connectivity index (χ0n) is 11.1. The van der Waals surface area contributed by atoms with E-state index in [4.69, 9.17) is 11.6 Å². The van der Waals surface area contributed by atoms with Crippen molar-refractivity contribution in [1.29, 1.82) is 0 Å². The van der Waals surface area contributed by atoms with E-state index in [9.17, 15) is 4.79 Å². The minimum atomic E-state index is -0.381. The molecular weight excluding hydrogens is 264 g/mol. The average molecular weight is 284 g/mol. The van der Waals surface area contributed by atoms with Gasteiger partial charge in [-0.3, -0.25) is 10.9 Å². The Balaban J connectivity index is 2.10. The van der Waals surface area contributed by atoms with Gasteiger partial charge in [0.15, 0.2) is 0 Å². The summed E-state index contributed by atoms with van der Waals surface area (Å²) in [5.74, 6) is 5.20. The molecule has 0 saturated heterocycles. The molecule has 0 aromatic carbocycles. The van der Waals surface area contributed by atoms with Crippen molar-refractivity contribution in [2.45, 2.75) is 25.7 Å². The number of rotatable bonds is 9. The summed E-state index contributed by atoms with van der Waals surface area (Å²) < 4.78 is 0. The third-order valence-electron chi connectivity index (χ3n) is 2.31. The lowest BCUT2D eigenvalue weighted by Gasteiger charge is -2.07. The first kappa shape index (κ1) is 15.8. The molecule has 0 aliphatic carbocycles. The topological polar surface area (TPSA) is 169 Å². The molecule has 1 rings (SSSR count). The van der Waals surface area contributed by atoms with Gasteiger partial charge >= 0.3 is 6.03 Å². The molecule has 8 N–H and O–H groups in total. The van der Waals surface area contributed by atoms with Gasteiger partial charge in [-0.15, -0.1) is 20.4 Å². The van der Waals surface area contributed by atoms with E-state index in [0.717, 1.165) is 25.7 Å². The zero-order chi connectivity index (χ0) is 14.6. The Morgan fingerprint density at radius 3 is 2.30 bits per heavy atom. The lowest BCUT2D eigenvalue weighted by Crippen LogP contribution is -2.40. The van der Waals surface area contributed by atoms with Crippen molar-refractivity contribution in [3.8, 4) is 0 Å². The van der Waals surface area contributed by atoms with Gasteiger partial charge in [0.25, 0.3) is 11.9 Å².